The quantitative estimate of drug-likeness (QED) is 0.473. The summed E-state index contributed by atoms with van der Waals surface area (Å²) in [4.78, 5) is 24.0. The molecule has 0 fully saturated rings. The minimum absolute atomic E-state index is 0.0144. The van der Waals surface area contributed by atoms with Gasteiger partial charge >= 0.3 is 0 Å². The first-order chi connectivity index (χ1) is 16.4. The molecule has 1 atom stereocenters. The number of amides is 1. The first-order valence-electron chi connectivity index (χ1n) is 11.4. The topological polar surface area (TPSA) is 97.0 Å². The number of aliphatic hydroxyl groups excluding tert-OH is 1. The van der Waals surface area contributed by atoms with E-state index >= 15 is 0 Å². The molecule has 8 heteroatoms. The smallest absolute Gasteiger partial charge is 0.233 e. The summed E-state index contributed by atoms with van der Waals surface area (Å²) in [5, 5.41) is 17.7. The number of carbonyl (C=O) groups excluding carboxylic acids is 1. The zero-order chi connectivity index (χ0) is 23.8. The summed E-state index contributed by atoms with van der Waals surface area (Å²) in [6.07, 6.45) is 3.11. The molecule has 0 saturated carbocycles. The normalized spacial score (nSPS) is 14.0. The van der Waals surface area contributed by atoms with E-state index in [1.165, 1.54) is 5.56 Å². The zero-order valence-electron chi connectivity index (χ0n) is 19.4. The number of anilines is 1. The van der Waals surface area contributed by atoms with Gasteiger partial charge in [0.15, 0.2) is 5.82 Å². The van der Waals surface area contributed by atoms with E-state index in [0.29, 0.717) is 36.2 Å². The monoisotopic (exact) mass is 454 g/mol. The molecule has 1 aliphatic rings. The maximum atomic E-state index is 12.8. The van der Waals surface area contributed by atoms with Crippen molar-refractivity contribution in [3.05, 3.63) is 83.3 Å². The maximum absolute atomic E-state index is 12.8. The fraction of sp³-hybridized carbons (Fsp3) is 0.269. The molecule has 3 heterocycles. The van der Waals surface area contributed by atoms with Crippen molar-refractivity contribution in [3.8, 4) is 17.1 Å². The van der Waals surface area contributed by atoms with Crippen molar-refractivity contribution in [1.29, 1.82) is 0 Å². The van der Waals surface area contributed by atoms with Gasteiger partial charge in [-0.2, -0.15) is 0 Å². The number of aromatic nitrogens is 5. The van der Waals surface area contributed by atoms with E-state index < -0.39 is 6.10 Å². The van der Waals surface area contributed by atoms with Crippen LogP contribution in [0.2, 0.25) is 0 Å². The van der Waals surface area contributed by atoms with Crippen LogP contribution in [0.3, 0.4) is 0 Å². The molecule has 8 nitrogen and oxygen atoms in total. The molecule has 172 valence electrons. The fourth-order valence-corrected chi connectivity index (χ4v) is 4.16. The summed E-state index contributed by atoms with van der Waals surface area (Å²) in [7, 11) is 0. The van der Waals surface area contributed by atoms with Crippen LogP contribution in [0.5, 0.6) is 0 Å². The molecule has 0 radical (unpaired) electrons. The van der Waals surface area contributed by atoms with Crippen molar-refractivity contribution in [2.75, 3.05) is 4.90 Å². The van der Waals surface area contributed by atoms with Crippen LogP contribution >= 0.6 is 0 Å². The number of benzene rings is 2. The van der Waals surface area contributed by atoms with Gasteiger partial charge in [0.2, 0.25) is 5.91 Å². The van der Waals surface area contributed by atoms with Crippen molar-refractivity contribution in [3.63, 3.8) is 0 Å². The molecule has 4 aromatic rings. The Bertz CT molecular complexity index is 1340. The highest BCUT2D eigenvalue weighted by Crippen LogP contribution is 2.32. The number of hydrogen-bond donors (Lipinski definition) is 1. The van der Waals surface area contributed by atoms with Gasteiger partial charge < -0.3 is 5.11 Å². The third-order valence-electron chi connectivity index (χ3n) is 6.04. The van der Waals surface area contributed by atoms with Crippen molar-refractivity contribution < 1.29 is 9.90 Å². The molecule has 5 rings (SSSR count). The molecule has 0 spiro atoms. The zero-order valence-corrected chi connectivity index (χ0v) is 19.4. The first kappa shape index (κ1) is 21.9. The molecular weight excluding hydrogens is 428 g/mol. The largest absolute Gasteiger partial charge is 0.387 e. The standard InChI is InChI=1S/C26H26N6O2/c1-16(2)21-6-4-5-7-22(21)25-27-13-19-12-24(34)31(26(19)28-25)14-18-8-10-20(11-9-18)32-15-23(17(3)33)29-30-32/h4-11,13,15-17,33H,12,14H2,1-3H3. The van der Waals surface area contributed by atoms with Gasteiger partial charge in [0.1, 0.15) is 11.5 Å². The van der Waals surface area contributed by atoms with E-state index in [4.69, 9.17) is 4.98 Å². The lowest BCUT2D eigenvalue weighted by molar-refractivity contribution is -0.117. The van der Waals surface area contributed by atoms with Crippen molar-refractivity contribution in [2.24, 2.45) is 0 Å². The molecule has 0 aliphatic carbocycles. The van der Waals surface area contributed by atoms with Crippen molar-refractivity contribution in [2.45, 2.75) is 45.8 Å². The van der Waals surface area contributed by atoms with Crippen molar-refractivity contribution >= 4 is 11.7 Å². The third kappa shape index (κ3) is 4.08. The fourth-order valence-electron chi connectivity index (χ4n) is 4.16. The summed E-state index contributed by atoms with van der Waals surface area (Å²) in [5.74, 6) is 1.67. The van der Waals surface area contributed by atoms with Crippen LogP contribution in [0.1, 0.15) is 55.2 Å². The summed E-state index contributed by atoms with van der Waals surface area (Å²) in [6, 6.07) is 15.9. The second-order valence-electron chi connectivity index (χ2n) is 8.87. The van der Waals surface area contributed by atoms with Crippen LogP contribution in [0.15, 0.2) is 60.9 Å². The Hall–Kier alpha value is -3.91. The summed E-state index contributed by atoms with van der Waals surface area (Å²) < 4.78 is 1.62. The lowest BCUT2D eigenvalue weighted by Gasteiger charge is -2.18. The number of rotatable bonds is 6. The minimum Gasteiger partial charge on any atom is -0.387 e. The van der Waals surface area contributed by atoms with E-state index in [1.807, 2.05) is 42.5 Å². The van der Waals surface area contributed by atoms with Gasteiger partial charge in [-0.3, -0.25) is 9.69 Å². The predicted octanol–water partition coefficient (Wildman–Crippen LogP) is 3.99. The average Bonchev–Trinajstić information content (AvgIpc) is 3.45. The SMILES string of the molecule is CC(C)c1ccccc1-c1ncc2c(n1)N(Cc1ccc(-n3cc(C(C)O)nn3)cc1)C(=O)C2. The summed E-state index contributed by atoms with van der Waals surface area (Å²) in [5.41, 5.74) is 5.34. The Morgan fingerprint density at radius 2 is 1.82 bits per heavy atom. The molecule has 1 amide bonds. The minimum atomic E-state index is -0.673. The Morgan fingerprint density at radius 3 is 2.53 bits per heavy atom. The van der Waals surface area contributed by atoms with Crippen LogP contribution in [-0.4, -0.2) is 36.0 Å². The lowest BCUT2D eigenvalue weighted by Crippen LogP contribution is -2.26. The van der Waals surface area contributed by atoms with E-state index in [0.717, 1.165) is 22.4 Å². The molecule has 1 aliphatic heterocycles. The van der Waals surface area contributed by atoms with Gasteiger partial charge in [0.05, 0.1) is 31.0 Å². The number of carbonyl (C=O) groups is 1. The molecule has 1 N–H and O–H groups in total. The number of hydrogen-bond acceptors (Lipinski definition) is 6. The van der Waals surface area contributed by atoms with E-state index in [2.05, 4.69) is 35.2 Å². The van der Waals surface area contributed by atoms with E-state index in [9.17, 15) is 9.90 Å². The number of fused-ring (bicyclic) bond motifs is 1. The number of nitrogens with zero attached hydrogens (tertiary/aromatic N) is 6. The van der Waals surface area contributed by atoms with Gasteiger partial charge in [-0.15, -0.1) is 5.10 Å². The van der Waals surface area contributed by atoms with Crippen molar-refractivity contribution in [1.82, 2.24) is 25.0 Å². The second kappa shape index (κ2) is 8.79. The maximum Gasteiger partial charge on any atom is 0.233 e. The highest BCUT2D eigenvalue weighted by molar-refractivity contribution is 6.00. The summed E-state index contributed by atoms with van der Waals surface area (Å²) in [6.45, 7) is 6.37. The second-order valence-corrected chi connectivity index (χ2v) is 8.87. The Morgan fingerprint density at radius 1 is 1.06 bits per heavy atom. The van der Waals surface area contributed by atoms with Crippen LogP contribution in [0.4, 0.5) is 5.82 Å². The molecule has 1 unspecified atom stereocenters. The Balaban J connectivity index is 1.41. The Labute approximate surface area is 197 Å². The van der Waals surface area contributed by atoms with Crippen LogP contribution in [-0.2, 0) is 17.8 Å². The Kier molecular flexibility index (Phi) is 5.67. The highest BCUT2D eigenvalue weighted by atomic mass is 16.3. The predicted molar refractivity (Wildman–Crippen MR) is 128 cm³/mol. The lowest BCUT2D eigenvalue weighted by atomic mass is 9.97. The van der Waals surface area contributed by atoms with Gasteiger partial charge in [0.25, 0.3) is 0 Å². The van der Waals surface area contributed by atoms with Crippen LogP contribution < -0.4 is 4.90 Å². The van der Waals surface area contributed by atoms with Gasteiger partial charge in [-0.05, 0) is 36.1 Å². The van der Waals surface area contributed by atoms with E-state index in [-0.39, 0.29) is 5.91 Å². The summed E-state index contributed by atoms with van der Waals surface area (Å²) >= 11 is 0. The molecule has 0 saturated heterocycles. The van der Waals surface area contributed by atoms with Crippen LogP contribution in [0, 0.1) is 0 Å². The third-order valence-corrected chi connectivity index (χ3v) is 6.04. The molecule has 0 bridgehead atoms. The van der Waals surface area contributed by atoms with Crippen LogP contribution in [0.25, 0.3) is 17.1 Å². The molecule has 2 aromatic heterocycles. The highest BCUT2D eigenvalue weighted by Gasteiger charge is 2.30. The van der Waals surface area contributed by atoms with Gasteiger partial charge in [-0.25, -0.2) is 14.6 Å². The molecule has 2 aromatic carbocycles. The average molecular weight is 455 g/mol. The molecule has 34 heavy (non-hydrogen) atoms. The van der Waals surface area contributed by atoms with Gasteiger partial charge in [0, 0.05) is 17.3 Å². The number of aliphatic hydroxyl groups is 1. The molecular formula is C26H26N6O2. The first-order valence-corrected chi connectivity index (χ1v) is 11.4. The van der Waals surface area contributed by atoms with E-state index in [1.54, 1.807) is 28.9 Å². The van der Waals surface area contributed by atoms with Gasteiger partial charge in [-0.1, -0.05) is 55.5 Å².